The minimum atomic E-state index is -0.386. The van der Waals surface area contributed by atoms with Gasteiger partial charge in [0.15, 0.2) is 0 Å². The highest BCUT2D eigenvalue weighted by atomic mass is 16.3. The number of unbranched alkanes of at least 4 members (excludes halogenated alkanes) is 20. The highest BCUT2D eigenvalue weighted by molar-refractivity contribution is 6.19. The van der Waals surface area contributed by atoms with Crippen LogP contribution in [0.4, 0.5) is 17.1 Å². The number of para-hydroxylation sites is 3. The summed E-state index contributed by atoms with van der Waals surface area (Å²) < 4.78 is 14.1. The van der Waals surface area contributed by atoms with Gasteiger partial charge in [0.05, 0.1) is 5.69 Å². The lowest BCUT2D eigenvalue weighted by Gasteiger charge is -2.36. The highest BCUT2D eigenvalue weighted by Gasteiger charge is 2.49. The molecule has 552 valence electrons. The maximum absolute atomic E-state index is 7.11. The predicted octanol–water partition coefficient (Wildman–Crippen LogP) is 32.4. The molecule has 3 nitrogen and oxygen atoms in total. The number of furan rings is 2. The van der Waals surface area contributed by atoms with Gasteiger partial charge in [-0.3, -0.25) is 0 Å². The quantitative estimate of drug-likeness (QED) is 0.0377. The van der Waals surface area contributed by atoms with Crippen molar-refractivity contribution in [3.8, 4) is 66.8 Å². The molecule has 0 radical (unpaired) electrons. The molecule has 0 amide bonds. The Labute approximate surface area is 645 Å². The largest absolute Gasteiger partial charge is 0.456 e. The fraction of sp³-hybridized carbons (Fsp3) is 0.371. The van der Waals surface area contributed by atoms with Crippen molar-refractivity contribution in [2.75, 3.05) is 4.90 Å². The van der Waals surface area contributed by atoms with E-state index < -0.39 is 0 Å². The van der Waals surface area contributed by atoms with Crippen LogP contribution in [0, 0.1) is 13.8 Å². The fourth-order valence-corrected chi connectivity index (χ4v) is 20.5. The van der Waals surface area contributed by atoms with Gasteiger partial charge in [0.2, 0.25) is 0 Å². The lowest BCUT2D eigenvalue weighted by atomic mass is 9.68. The van der Waals surface area contributed by atoms with Gasteiger partial charge < -0.3 is 13.7 Å². The molecule has 11 aromatic carbocycles. The Balaban J connectivity index is 0.949. The molecule has 16 rings (SSSR count). The summed E-state index contributed by atoms with van der Waals surface area (Å²) in [5.41, 5.74) is 33.7. The maximum Gasteiger partial charge on any atom is 0.143 e. The summed E-state index contributed by atoms with van der Waals surface area (Å²) in [6.45, 7) is 18.8. The lowest BCUT2D eigenvalue weighted by Crippen LogP contribution is -2.27. The zero-order chi connectivity index (χ0) is 73.9. The van der Waals surface area contributed by atoms with Gasteiger partial charge in [-0.2, -0.15) is 0 Å². The van der Waals surface area contributed by atoms with Crippen molar-refractivity contribution in [2.45, 2.75) is 251 Å². The van der Waals surface area contributed by atoms with E-state index in [0.29, 0.717) is 0 Å². The minimum Gasteiger partial charge on any atom is -0.456 e. The van der Waals surface area contributed by atoms with Crippen molar-refractivity contribution in [1.82, 2.24) is 0 Å². The SMILES string of the molecule is CCCCCCCCC1(CCCCCCCC)c2cc(N(c3ccc4c(c3)C(C)(C)c3cc(-c5cc(C)cc(C)c5)c5oc6ccccc6c5c3-4)c3c(-c4ccccc4)cccc3-c3ccccc3)ccc2-c2cc3c(cc21)-c1c(ccc2oc4ccccc4c12)C3(CCCCCCCC)CCCCCCCC. The van der Waals surface area contributed by atoms with E-state index in [0.717, 1.165) is 51.8 Å². The van der Waals surface area contributed by atoms with Gasteiger partial charge in [0.25, 0.3) is 0 Å². The van der Waals surface area contributed by atoms with Crippen molar-refractivity contribution in [3.05, 3.63) is 257 Å². The third-order valence-corrected chi connectivity index (χ3v) is 25.9. The Morgan fingerprint density at radius 3 is 1.28 bits per heavy atom. The molecule has 0 saturated carbocycles. The number of hydrogen-bond acceptors (Lipinski definition) is 3. The molecule has 3 heteroatoms. The number of hydrogen-bond donors (Lipinski definition) is 0. The van der Waals surface area contributed by atoms with Crippen LogP contribution in [0.1, 0.15) is 266 Å². The van der Waals surface area contributed by atoms with Crippen LogP contribution in [0.5, 0.6) is 0 Å². The first-order valence-electron chi connectivity index (χ1n) is 42.6. The molecule has 3 aliphatic rings. The Morgan fingerprint density at radius 2 is 0.722 bits per heavy atom. The van der Waals surface area contributed by atoms with Crippen LogP contribution in [0.2, 0.25) is 0 Å². The van der Waals surface area contributed by atoms with E-state index in [1.54, 1.807) is 16.7 Å². The summed E-state index contributed by atoms with van der Waals surface area (Å²) in [4.78, 5) is 2.72. The van der Waals surface area contributed by atoms with E-state index in [-0.39, 0.29) is 16.2 Å². The monoisotopic (exact) mass is 1420 g/mol. The van der Waals surface area contributed by atoms with Crippen molar-refractivity contribution >= 4 is 60.9 Å². The average Bonchev–Trinajstić information content (AvgIpc) is 1.52. The van der Waals surface area contributed by atoms with Crippen molar-refractivity contribution in [2.24, 2.45) is 0 Å². The molecule has 2 heterocycles. The third-order valence-electron chi connectivity index (χ3n) is 25.9. The van der Waals surface area contributed by atoms with Crippen LogP contribution in [0.25, 0.3) is 111 Å². The van der Waals surface area contributed by atoms with Gasteiger partial charge in [-0.15, -0.1) is 0 Å². The Kier molecular flexibility index (Phi) is 21.5. The van der Waals surface area contributed by atoms with Crippen molar-refractivity contribution in [3.63, 3.8) is 0 Å². The smallest absolute Gasteiger partial charge is 0.143 e. The van der Waals surface area contributed by atoms with Gasteiger partial charge in [-0.25, -0.2) is 0 Å². The molecule has 2 aromatic heterocycles. The van der Waals surface area contributed by atoms with Gasteiger partial charge in [-0.1, -0.05) is 358 Å². The zero-order valence-electron chi connectivity index (χ0n) is 66.3. The zero-order valence-corrected chi connectivity index (χ0v) is 66.3. The number of aryl methyl sites for hydroxylation is 2. The van der Waals surface area contributed by atoms with E-state index in [9.17, 15) is 0 Å². The van der Waals surface area contributed by atoms with Gasteiger partial charge >= 0.3 is 0 Å². The molecule has 3 aliphatic carbocycles. The maximum atomic E-state index is 7.11. The summed E-state index contributed by atoms with van der Waals surface area (Å²) in [6, 6.07) is 82.9. The van der Waals surface area contributed by atoms with E-state index in [1.807, 2.05) is 0 Å². The third kappa shape index (κ3) is 13.4. The number of rotatable bonds is 34. The molecule has 0 fully saturated rings. The summed E-state index contributed by atoms with van der Waals surface area (Å²) in [6.07, 6.45) is 35.2. The summed E-state index contributed by atoms with van der Waals surface area (Å²) in [7, 11) is 0. The van der Waals surface area contributed by atoms with Crippen molar-refractivity contribution < 1.29 is 8.83 Å². The van der Waals surface area contributed by atoms with E-state index in [2.05, 4.69) is 273 Å². The highest BCUT2D eigenvalue weighted by Crippen LogP contribution is 2.64. The normalized spacial score (nSPS) is 14.1. The molecule has 0 N–H and O–H groups in total. The molecule has 0 atom stereocenters. The Morgan fingerprint density at radius 1 is 0.287 bits per heavy atom. The average molecular weight is 1420 g/mol. The second-order valence-corrected chi connectivity index (χ2v) is 33.5. The molecule has 0 bridgehead atoms. The molecule has 0 spiro atoms. The topological polar surface area (TPSA) is 29.5 Å². The standard InChI is InChI=1S/C105H115NO2/c1-9-13-17-21-25-39-60-104(61-40-26-22-18-14-10-2)88-58-59-96-99(83-48-35-37-52-94(83)107-96)98(88)87-71-91-86(70-92(87)104)81-56-54-78(68-90(81)105(91,62-41-27-23-19-15-11-3)63-42-28-24-20-16-12-4)106(101-79(74-44-31-29-32-45-74)50-43-51-80(101)75-46-33-30-34-47-75)77-55-57-82-89(67-77)103(7,8)93-69-85(76-65-72(5)64-73(6)66-76)102-100(97(82)93)84-49-36-38-53-95(84)108-102/h29-38,43-59,64-71H,9-28,39-42,60-63H2,1-8H3. The summed E-state index contributed by atoms with van der Waals surface area (Å²) in [5, 5.41) is 4.94. The van der Waals surface area contributed by atoms with Crippen LogP contribution in [0.3, 0.4) is 0 Å². The fourth-order valence-electron chi connectivity index (χ4n) is 20.5. The molecule has 0 saturated heterocycles. The summed E-state index contributed by atoms with van der Waals surface area (Å²) >= 11 is 0. The van der Waals surface area contributed by atoms with Crippen molar-refractivity contribution in [1.29, 1.82) is 0 Å². The van der Waals surface area contributed by atoms with Gasteiger partial charge in [0, 0.05) is 65.9 Å². The van der Waals surface area contributed by atoms with Gasteiger partial charge in [0.1, 0.15) is 22.3 Å². The second kappa shape index (κ2) is 31.8. The molecule has 0 unspecified atom stereocenters. The van der Waals surface area contributed by atoms with Crippen LogP contribution >= 0.6 is 0 Å². The minimum absolute atomic E-state index is 0.129. The van der Waals surface area contributed by atoms with Gasteiger partial charge in [-0.05, 0) is 184 Å². The summed E-state index contributed by atoms with van der Waals surface area (Å²) in [5.74, 6) is 0. The Bertz CT molecular complexity index is 5250. The van der Waals surface area contributed by atoms with Crippen LogP contribution < -0.4 is 4.90 Å². The number of fused-ring (bicyclic) bond motifs is 17. The first-order chi connectivity index (χ1) is 53.0. The van der Waals surface area contributed by atoms with E-state index in [4.69, 9.17) is 8.83 Å². The molecule has 0 aliphatic heterocycles. The molecular weight excluding hydrogens is 1310 g/mol. The Hall–Kier alpha value is -9.18. The molecular formula is C105H115NO2. The number of anilines is 3. The van der Waals surface area contributed by atoms with Crippen LogP contribution in [-0.2, 0) is 16.2 Å². The number of benzene rings is 11. The van der Waals surface area contributed by atoms with Crippen LogP contribution in [-0.4, -0.2) is 0 Å². The second-order valence-electron chi connectivity index (χ2n) is 33.5. The molecule has 108 heavy (non-hydrogen) atoms. The molecule has 13 aromatic rings. The van der Waals surface area contributed by atoms with Crippen LogP contribution in [0.15, 0.2) is 221 Å². The lowest BCUT2D eigenvalue weighted by molar-refractivity contribution is 0.394. The van der Waals surface area contributed by atoms with E-state index in [1.165, 1.54) is 283 Å². The number of nitrogens with zero attached hydrogens (tertiary/aromatic N) is 1. The first-order valence-corrected chi connectivity index (χ1v) is 42.6. The first kappa shape index (κ1) is 73.0. The van der Waals surface area contributed by atoms with E-state index >= 15 is 0 Å². The predicted molar refractivity (Wildman–Crippen MR) is 463 cm³/mol.